The highest BCUT2D eigenvalue weighted by atomic mass is 35.5. The first-order valence-corrected chi connectivity index (χ1v) is 6.31. The fraction of sp³-hybridized carbons (Fsp3) is 0. The van der Waals surface area contributed by atoms with Crippen molar-refractivity contribution in [3.63, 3.8) is 0 Å². The molecule has 0 saturated heterocycles. The summed E-state index contributed by atoms with van der Waals surface area (Å²) in [6.45, 7) is 0. The molecule has 0 aromatic heterocycles. The molecule has 1 aliphatic heterocycles. The van der Waals surface area contributed by atoms with E-state index in [9.17, 15) is 19.7 Å². The van der Waals surface area contributed by atoms with Crippen LogP contribution in [0.25, 0.3) is 0 Å². The molecular formula is C14H7ClN2O4. The van der Waals surface area contributed by atoms with E-state index in [0.717, 1.165) is 11.0 Å². The molecule has 0 unspecified atom stereocenters. The van der Waals surface area contributed by atoms with Gasteiger partial charge in [-0.3, -0.25) is 19.7 Å². The van der Waals surface area contributed by atoms with Gasteiger partial charge in [0.1, 0.15) is 5.02 Å². The van der Waals surface area contributed by atoms with E-state index in [1.165, 1.54) is 6.07 Å². The summed E-state index contributed by atoms with van der Waals surface area (Å²) in [4.78, 5) is 35.9. The predicted octanol–water partition coefficient (Wildman–Crippen LogP) is 3.05. The van der Waals surface area contributed by atoms with Gasteiger partial charge in [-0.25, -0.2) is 4.90 Å². The van der Waals surface area contributed by atoms with E-state index in [1.54, 1.807) is 30.3 Å². The van der Waals surface area contributed by atoms with E-state index >= 15 is 0 Å². The third-order valence-corrected chi connectivity index (χ3v) is 3.57. The van der Waals surface area contributed by atoms with Gasteiger partial charge in [-0.05, 0) is 18.2 Å². The summed E-state index contributed by atoms with van der Waals surface area (Å²) < 4.78 is 0. The minimum absolute atomic E-state index is 0.0689. The van der Waals surface area contributed by atoms with Crippen molar-refractivity contribution in [2.75, 3.05) is 4.90 Å². The van der Waals surface area contributed by atoms with Crippen molar-refractivity contribution in [1.29, 1.82) is 0 Å². The molecule has 1 heterocycles. The average molecular weight is 303 g/mol. The van der Waals surface area contributed by atoms with E-state index < -0.39 is 22.4 Å². The van der Waals surface area contributed by atoms with Crippen LogP contribution in [0.1, 0.15) is 20.7 Å². The number of amides is 2. The van der Waals surface area contributed by atoms with Crippen LogP contribution in [-0.4, -0.2) is 16.7 Å². The first kappa shape index (κ1) is 13.3. The number of rotatable bonds is 2. The van der Waals surface area contributed by atoms with E-state index in [2.05, 4.69) is 0 Å². The van der Waals surface area contributed by atoms with Gasteiger partial charge in [-0.2, -0.15) is 0 Å². The molecule has 1 aliphatic rings. The molecule has 0 atom stereocenters. The number of nitro groups is 1. The first-order chi connectivity index (χ1) is 10.0. The van der Waals surface area contributed by atoms with Crippen LogP contribution < -0.4 is 4.90 Å². The smallest absolute Gasteiger partial charge is 0.268 e. The summed E-state index contributed by atoms with van der Waals surface area (Å²) in [7, 11) is 0. The van der Waals surface area contributed by atoms with Gasteiger partial charge in [0.25, 0.3) is 17.5 Å². The van der Waals surface area contributed by atoms with Crippen LogP contribution in [0.15, 0.2) is 42.5 Å². The van der Waals surface area contributed by atoms with Crippen LogP contribution in [0.2, 0.25) is 5.02 Å². The monoisotopic (exact) mass is 302 g/mol. The molecule has 2 amide bonds. The fourth-order valence-corrected chi connectivity index (χ4v) is 2.54. The Labute approximate surface area is 123 Å². The Kier molecular flexibility index (Phi) is 2.95. The molecule has 7 heteroatoms. The quantitative estimate of drug-likeness (QED) is 0.485. The summed E-state index contributed by atoms with van der Waals surface area (Å²) >= 11 is 5.92. The maximum atomic E-state index is 12.4. The van der Waals surface area contributed by atoms with Gasteiger partial charge in [0.15, 0.2) is 0 Å². The number of imide groups is 1. The zero-order chi connectivity index (χ0) is 15.1. The number of anilines is 1. The Hall–Kier alpha value is -2.73. The fourth-order valence-electron chi connectivity index (χ4n) is 2.23. The van der Waals surface area contributed by atoms with Gasteiger partial charge in [-0.1, -0.05) is 29.8 Å². The van der Waals surface area contributed by atoms with Gasteiger partial charge in [0.2, 0.25) is 0 Å². The van der Waals surface area contributed by atoms with E-state index in [1.807, 2.05) is 0 Å². The van der Waals surface area contributed by atoms with Gasteiger partial charge in [0.05, 0.1) is 21.7 Å². The van der Waals surface area contributed by atoms with Gasteiger partial charge >= 0.3 is 0 Å². The third kappa shape index (κ3) is 1.88. The van der Waals surface area contributed by atoms with Crippen LogP contribution in [0.4, 0.5) is 11.4 Å². The molecule has 3 rings (SSSR count). The van der Waals surface area contributed by atoms with Crippen molar-refractivity contribution >= 4 is 34.8 Å². The van der Waals surface area contributed by atoms with Crippen LogP contribution in [0.5, 0.6) is 0 Å². The Morgan fingerprint density at radius 1 is 1.00 bits per heavy atom. The molecule has 6 nitrogen and oxygen atoms in total. The molecule has 0 fully saturated rings. The molecule has 0 bridgehead atoms. The first-order valence-electron chi connectivity index (χ1n) is 5.93. The van der Waals surface area contributed by atoms with Crippen LogP contribution in [0, 0.1) is 10.1 Å². The lowest BCUT2D eigenvalue weighted by Gasteiger charge is -2.13. The van der Waals surface area contributed by atoms with Crippen molar-refractivity contribution in [2.24, 2.45) is 0 Å². The van der Waals surface area contributed by atoms with Crippen molar-refractivity contribution in [3.05, 3.63) is 68.7 Å². The predicted molar refractivity (Wildman–Crippen MR) is 75.7 cm³/mol. The van der Waals surface area contributed by atoms with Crippen molar-refractivity contribution < 1.29 is 14.5 Å². The van der Waals surface area contributed by atoms with Crippen LogP contribution in [0.3, 0.4) is 0 Å². The Balaban J connectivity index is 2.18. The molecule has 104 valence electrons. The number of halogens is 1. The second kappa shape index (κ2) is 4.68. The number of nitro benzene ring substituents is 1. The minimum atomic E-state index is -0.689. The van der Waals surface area contributed by atoms with Gasteiger partial charge in [-0.15, -0.1) is 0 Å². The number of carbonyl (C=O) groups is 2. The summed E-state index contributed by atoms with van der Waals surface area (Å²) in [6, 6.07) is 10.7. The number of carbonyl (C=O) groups excluding carboxylic acids is 2. The van der Waals surface area contributed by atoms with E-state index in [0.29, 0.717) is 5.69 Å². The molecule has 2 aromatic carbocycles. The molecule has 0 aliphatic carbocycles. The summed E-state index contributed by atoms with van der Waals surface area (Å²) in [6.07, 6.45) is 0. The largest absolute Gasteiger partial charge is 0.288 e. The number of benzene rings is 2. The zero-order valence-electron chi connectivity index (χ0n) is 10.4. The SMILES string of the molecule is O=C1c2ccc([N+](=O)[O-])c(Cl)c2C(=O)N1c1ccccc1. The van der Waals surface area contributed by atoms with Crippen LogP contribution >= 0.6 is 11.6 Å². The molecule has 0 N–H and O–H groups in total. The highest BCUT2D eigenvalue weighted by Gasteiger charge is 2.40. The number of nitrogens with zero attached hydrogens (tertiary/aromatic N) is 2. The highest BCUT2D eigenvalue weighted by molar-refractivity contribution is 6.43. The molecule has 0 radical (unpaired) electrons. The minimum Gasteiger partial charge on any atom is -0.268 e. The summed E-state index contributed by atoms with van der Waals surface area (Å²) in [5.74, 6) is -1.20. The Morgan fingerprint density at radius 3 is 2.29 bits per heavy atom. The van der Waals surface area contributed by atoms with Crippen molar-refractivity contribution in [2.45, 2.75) is 0 Å². The number of hydrogen-bond donors (Lipinski definition) is 0. The molecule has 0 saturated carbocycles. The topological polar surface area (TPSA) is 80.5 Å². The number of para-hydroxylation sites is 1. The average Bonchev–Trinajstić information content (AvgIpc) is 2.72. The lowest BCUT2D eigenvalue weighted by molar-refractivity contribution is -0.384. The molecule has 21 heavy (non-hydrogen) atoms. The van der Waals surface area contributed by atoms with Gasteiger partial charge in [0, 0.05) is 6.07 Å². The Bertz CT molecular complexity index is 789. The molecule has 2 aromatic rings. The summed E-state index contributed by atoms with van der Waals surface area (Å²) in [5, 5.41) is 10.6. The van der Waals surface area contributed by atoms with Crippen LogP contribution in [-0.2, 0) is 0 Å². The zero-order valence-corrected chi connectivity index (χ0v) is 11.2. The maximum absolute atomic E-state index is 12.4. The van der Waals surface area contributed by atoms with E-state index in [-0.39, 0.29) is 16.1 Å². The highest BCUT2D eigenvalue weighted by Crippen LogP contribution is 2.37. The van der Waals surface area contributed by atoms with Crippen molar-refractivity contribution in [3.8, 4) is 0 Å². The number of fused-ring (bicyclic) bond motifs is 1. The third-order valence-electron chi connectivity index (χ3n) is 3.18. The second-order valence-electron chi connectivity index (χ2n) is 4.36. The lowest BCUT2D eigenvalue weighted by Crippen LogP contribution is -2.29. The second-order valence-corrected chi connectivity index (χ2v) is 4.74. The number of hydrogen-bond acceptors (Lipinski definition) is 4. The van der Waals surface area contributed by atoms with E-state index in [4.69, 9.17) is 11.6 Å². The Morgan fingerprint density at radius 2 is 1.67 bits per heavy atom. The standard InChI is InChI=1S/C14H7ClN2O4/c15-12-10(17(20)21)7-6-9-11(12)14(19)16(13(9)18)8-4-2-1-3-5-8/h1-7H. The molecular weight excluding hydrogens is 296 g/mol. The summed E-state index contributed by atoms with van der Waals surface area (Å²) in [5.41, 5.74) is -0.0620. The van der Waals surface area contributed by atoms with Gasteiger partial charge < -0.3 is 0 Å². The normalized spacial score (nSPS) is 13.5. The molecule has 0 spiro atoms. The lowest BCUT2D eigenvalue weighted by atomic mass is 10.1. The maximum Gasteiger partial charge on any atom is 0.288 e. The van der Waals surface area contributed by atoms with Crippen molar-refractivity contribution in [1.82, 2.24) is 0 Å².